The smallest absolute Gasteiger partial charge is 0.294 e. The minimum atomic E-state index is -0.135. The minimum Gasteiger partial charge on any atom is -0.381 e. The summed E-state index contributed by atoms with van der Waals surface area (Å²) in [5, 5.41) is 7.34. The Morgan fingerprint density at radius 1 is 1.06 bits per heavy atom. The first-order valence-electron chi connectivity index (χ1n) is 12.1. The van der Waals surface area contributed by atoms with Gasteiger partial charge in [-0.05, 0) is 44.7 Å². The molecule has 10 nitrogen and oxygen atoms in total. The summed E-state index contributed by atoms with van der Waals surface area (Å²) in [5.41, 5.74) is 3.52. The summed E-state index contributed by atoms with van der Waals surface area (Å²) in [6.07, 6.45) is 1.86. The summed E-state index contributed by atoms with van der Waals surface area (Å²) in [6.45, 7) is 10.6. The van der Waals surface area contributed by atoms with E-state index in [1.54, 1.807) is 4.57 Å². The molecule has 2 aliphatic heterocycles. The third kappa shape index (κ3) is 4.84. The predicted molar refractivity (Wildman–Crippen MR) is 128 cm³/mol. The number of anilines is 1. The van der Waals surface area contributed by atoms with Gasteiger partial charge in [0, 0.05) is 45.9 Å². The summed E-state index contributed by atoms with van der Waals surface area (Å²) in [4.78, 5) is 25.4. The highest BCUT2D eigenvalue weighted by molar-refractivity contribution is 5.77. The lowest BCUT2D eigenvalue weighted by Crippen LogP contribution is -2.39. The van der Waals surface area contributed by atoms with Crippen LogP contribution in [0.5, 0.6) is 0 Å². The van der Waals surface area contributed by atoms with Gasteiger partial charge in [0.1, 0.15) is 11.3 Å². The summed E-state index contributed by atoms with van der Waals surface area (Å²) in [7, 11) is 0. The first-order valence-corrected chi connectivity index (χ1v) is 12.1. The molecule has 3 aromatic heterocycles. The molecule has 5 rings (SSSR count). The molecule has 0 aliphatic carbocycles. The number of rotatable bonds is 7. The van der Waals surface area contributed by atoms with E-state index in [2.05, 4.69) is 20.4 Å². The number of fused-ring (bicyclic) bond motifs is 1. The molecule has 34 heavy (non-hydrogen) atoms. The Hall–Kier alpha value is -2.82. The first kappa shape index (κ1) is 22.9. The molecule has 5 heterocycles. The average molecular weight is 469 g/mol. The quantitative estimate of drug-likeness (QED) is 0.558. The third-order valence-electron chi connectivity index (χ3n) is 6.69. The number of hydrogen-bond acceptors (Lipinski definition) is 9. The van der Waals surface area contributed by atoms with Crippen LogP contribution in [-0.4, -0.2) is 77.2 Å². The summed E-state index contributed by atoms with van der Waals surface area (Å²) in [5.74, 6) is 1.44. The van der Waals surface area contributed by atoms with Gasteiger partial charge in [-0.1, -0.05) is 5.16 Å². The van der Waals surface area contributed by atoms with Crippen molar-refractivity contribution in [2.45, 2.75) is 33.2 Å². The molecule has 0 radical (unpaired) electrons. The Morgan fingerprint density at radius 2 is 1.82 bits per heavy atom. The number of nitrogens with zero attached hydrogens (tertiary/aromatic N) is 5. The van der Waals surface area contributed by atoms with Gasteiger partial charge in [-0.25, -0.2) is 9.97 Å². The number of nitrogens with one attached hydrogen (secondary N) is 1. The van der Waals surface area contributed by atoms with E-state index in [9.17, 15) is 4.79 Å². The average Bonchev–Trinajstić information content (AvgIpc) is 3.20. The summed E-state index contributed by atoms with van der Waals surface area (Å²) in [6, 6.07) is 3.85. The van der Waals surface area contributed by atoms with Crippen LogP contribution in [0.15, 0.2) is 21.5 Å². The highest BCUT2D eigenvalue weighted by Gasteiger charge is 2.21. The molecule has 0 atom stereocenters. The molecule has 10 heteroatoms. The van der Waals surface area contributed by atoms with Gasteiger partial charge in [0.2, 0.25) is 0 Å². The normalized spacial score (nSPS) is 17.9. The fourth-order valence-corrected chi connectivity index (χ4v) is 4.74. The van der Waals surface area contributed by atoms with Gasteiger partial charge in [0.15, 0.2) is 11.5 Å². The molecule has 0 unspecified atom stereocenters. The fraction of sp³-hybridized carbons (Fsp3) is 0.583. The second-order valence-corrected chi connectivity index (χ2v) is 9.05. The second-order valence-electron chi connectivity index (χ2n) is 9.05. The number of ether oxygens (including phenoxy) is 2. The Labute approximate surface area is 198 Å². The maximum Gasteiger partial charge on any atom is 0.294 e. The minimum absolute atomic E-state index is 0.135. The van der Waals surface area contributed by atoms with E-state index in [1.807, 2.05) is 26.0 Å². The monoisotopic (exact) mass is 468 g/mol. The molecule has 2 aliphatic rings. The van der Waals surface area contributed by atoms with Gasteiger partial charge in [-0.2, -0.15) is 0 Å². The topological polar surface area (TPSA) is 108 Å². The van der Waals surface area contributed by atoms with Crippen molar-refractivity contribution in [2.75, 3.05) is 57.9 Å². The zero-order valence-corrected chi connectivity index (χ0v) is 19.9. The standard InChI is InChI=1S/C24H32N6O4/c1-16-21(17(2)34-28-16)19-3-4-20-23(27-19)30(15-18-5-11-32-12-6-18)24(31)22(26-20)25-7-8-29-9-13-33-14-10-29/h3-4,18H,5-15H2,1-2H3,(H,25,26). The van der Waals surface area contributed by atoms with Crippen molar-refractivity contribution in [3.8, 4) is 11.3 Å². The number of hydrogen-bond donors (Lipinski definition) is 1. The first-order chi connectivity index (χ1) is 16.6. The lowest BCUT2D eigenvalue weighted by molar-refractivity contribution is 0.0398. The van der Waals surface area contributed by atoms with Gasteiger partial charge in [0.05, 0.1) is 30.2 Å². The Bertz CT molecular complexity index is 1170. The van der Waals surface area contributed by atoms with E-state index in [1.165, 1.54) is 0 Å². The Morgan fingerprint density at radius 3 is 2.56 bits per heavy atom. The zero-order chi connectivity index (χ0) is 23.5. The van der Waals surface area contributed by atoms with E-state index < -0.39 is 0 Å². The molecule has 2 saturated heterocycles. The van der Waals surface area contributed by atoms with Crippen molar-refractivity contribution >= 4 is 17.0 Å². The molecule has 0 saturated carbocycles. The maximum atomic E-state index is 13.6. The molecular weight excluding hydrogens is 436 g/mol. The van der Waals surface area contributed by atoms with Gasteiger partial charge < -0.3 is 19.3 Å². The van der Waals surface area contributed by atoms with E-state index in [0.29, 0.717) is 41.7 Å². The van der Waals surface area contributed by atoms with Crippen LogP contribution in [0.4, 0.5) is 5.82 Å². The fourth-order valence-electron chi connectivity index (χ4n) is 4.74. The number of pyridine rings is 1. The Kier molecular flexibility index (Phi) is 6.89. The predicted octanol–water partition coefficient (Wildman–Crippen LogP) is 2.23. The van der Waals surface area contributed by atoms with Crippen LogP contribution in [0.2, 0.25) is 0 Å². The molecular formula is C24H32N6O4. The number of aryl methyl sites for hydroxylation is 2. The Balaban J connectivity index is 1.48. The molecule has 0 bridgehead atoms. The van der Waals surface area contributed by atoms with E-state index >= 15 is 0 Å². The second kappa shape index (κ2) is 10.2. The zero-order valence-electron chi connectivity index (χ0n) is 19.9. The van der Waals surface area contributed by atoms with Crippen LogP contribution in [-0.2, 0) is 16.0 Å². The van der Waals surface area contributed by atoms with E-state index in [-0.39, 0.29) is 5.56 Å². The lowest BCUT2D eigenvalue weighted by Gasteiger charge is -2.26. The largest absolute Gasteiger partial charge is 0.381 e. The van der Waals surface area contributed by atoms with Crippen LogP contribution < -0.4 is 10.9 Å². The summed E-state index contributed by atoms with van der Waals surface area (Å²) < 4.78 is 18.1. The molecule has 1 N–H and O–H groups in total. The third-order valence-corrected chi connectivity index (χ3v) is 6.69. The van der Waals surface area contributed by atoms with Crippen LogP contribution in [0.1, 0.15) is 24.3 Å². The van der Waals surface area contributed by atoms with Crippen LogP contribution in [0, 0.1) is 19.8 Å². The van der Waals surface area contributed by atoms with Crippen molar-refractivity contribution < 1.29 is 14.0 Å². The van der Waals surface area contributed by atoms with Crippen molar-refractivity contribution in [1.29, 1.82) is 0 Å². The highest BCUT2D eigenvalue weighted by Crippen LogP contribution is 2.27. The van der Waals surface area contributed by atoms with Crippen molar-refractivity contribution in [2.24, 2.45) is 5.92 Å². The molecule has 0 aromatic carbocycles. The molecule has 182 valence electrons. The molecule has 0 spiro atoms. The summed E-state index contributed by atoms with van der Waals surface area (Å²) >= 11 is 0. The van der Waals surface area contributed by atoms with Crippen LogP contribution >= 0.6 is 0 Å². The molecule has 0 amide bonds. The van der Waals surface area contributed by atoms with Crippen LogP contribution in [0.25, 0.3) is 22.4 Å². The van der Waals surface area contributed by atoms with Crippen LogP contribution in [0.3, 0.4) is 0 Å². The lowest BCUT2D eigenvalue weighted by atomic mass is 10.0. The molecule has 2 fully saturated rings. The number of aromatic nitrogens is 4. The van der Waals surface area contributed by atoms with E-state index in [0.717, 1.165) is 75.9 Å². The molecule has 3 aromatic rings. The van der Waals surface area contributed by atoms with Crippen molar-refractivity contribution in [3.05, 3.63) is 33.9 Å². The van der Waals surface area contributed by atoms with Gasteiger partial charge in [0.25, 0.3) is 5.56 Å². The van der Waals surface area contributed by atoms with Crippen molar-refractivity contribution in [3.63, 3.8) is 0 Å². The van der Waals surface area contributed by atoms with Crippen molar-refractivity contribution in [1.82, 2.24) is 24.6 Å². The SMILES string of the molecule is Cc1noc(C)c1-c1ccc2nc(NCCN3CCOCC3)c(=O)n(CC3CCOCC3)c2n1. The van der Waals surface area contributed by atoms with E-state index in [4.69, 9.17) is 19.0 Å². The maximum absolute atomic E-state index is 13.6. The van der Waals surface area contributed by atoms with Gasteiger partial charge in [-0.3, -0.25) is 14.3 Å². The van der Waals surface area contributed by atoms with Gasteiger partial charge >= 0.3 is 0 Å². The van der Waals surface area contributed by atoms with Gasteiger partial charge in [-0.15, -0.1) is 0 Å². The highest BCUT2D eigenvalue weighted by atomic mass is 16.5. The number of morpholine rings is 1.